The van der Waals surface area contributed by atoms with Crippen LogP contribution in [-0.4, -0.2) is 37.7 Å². The molecule has 1 aromatic rings. The van der Waals surface area contributed by atoms with Gasteiger partial charge < -0.3 is 20.7 Å². The van der Waals surface area contributed by atoms with Crippen molar-refractivity contribution in [3.8, 4) is 5.75 Å². The zero-order chi connectivity index (χ0) is 14.0. The maximum absolute atomic E-state index is 11.8. The molecule has 0 saturated carbocycles. The monoisotopic (exact) mass is 263 g/mol. The lowest BCUT2D eigenvalue weighted by atomic mass is 10.0. The first-order valence-electron chi connectivity index (χ1n) is 6.47. The highest BCUT2D eigenvalue weighted by molar-refractivity contribution is 5.77. The van der Waals surface area contributed by atoms with Crippen molar-refractivity contribution in [2.24, 2.45) is 5.73 Å². The van der Waals surface area contributed by atoms with Crippen molar-refractivity contribution >= 4 is 6.03 Å². The smallest absolute Gasteiger partial charge is 0.318 e. The van der Waals surface area contributed by atoms with Gasteiger partial charge in [0.25, 0.3) is 0 Å². The Labute approximate surface area is 113 Å². The van der Waals surface area contributed by atoms with Gasteiger partial charge in [-0.2, -0.15) is 0 Å². The quantitative estimate of drug-likeness (QED) is 0.861. The minimum atomic E-state index is -0.0402. The van der Waals surface area contributed by atoms with Gasteiger partial charge in [-0.1, -0.05) is 12.1 Å². The van der Waals surface area contributed by atoms with Gasteiger partial charge in [-0.15, -0.1) is 0 Å². The molecule has 19 heavy (non-hydrogen) atoms. The van der Waals surface area contributed by atoms with E-state index < -0.39 is 0 Å². The van der Waals surface area contributed by atoms with Crippen molar-refractivity contribution in [2.75, 3.05) is 26.7 Å². The predicted molar refractivity (Wildman–Crippen MR) is 74.4 cm³/mol. The summed E-state index contributed by atoms with van der Waals surface area (Å²) in [5.74, 6) is 0.909. The Morgan fingerprint density at radius 2 is 2.05 bits per heavy atom. The minimum absolute atomic E-state index is 0.0300. The molecule has 1 aromatic carbocycles. The van der Waals surface area contributed by atoms with Crippen LogP contribution < -0.4 is 15.8 Å². The average molecular weight is 263 g/mol. The van der Waals surface area contributed by atoms with Crippen molar-refractivity contribution in [3.05, 3.63) is 28.8 Å². The summed E-state index contributed by atoms with van der Waals surface area (Å²) in [4.78, 5) is 13.5. The first-order chi connectivity index (χ1) is 9.06. The van der Waals surface area contributed by atoms with Gasteiger partial charge >= 0.3 is 6.03 Å². The fourth-order valence-corrected chi connectivity index (χ4v) is 2.63. The molecule has 0 spiro atoms. The Morgan fingerprint density at radius 1 is 1.42 bits per heavy atom. The van der Waals surface area contributed by atoms with E-state index >= 15 is 0 Å². The van der Waals surface area contributed by atoms with E-state index in [4.69, 9.17) is 10.5 Å². The maximum Gasteiger partial charge on any atom is 0.318 e. The highest BCUT2D eigenvalue weighted by Crippen LogP contribution is 2.29. The van der Waals surface area contributed by atoms with E-state index in [-0.39, 0.29) is 12.1 Å². The summed E-state index contributed by atoms with van der Waals surface area (Å²) >= 11 is 0. The lowest BCUT2D eigenvalue weighted by molar-refractivity contribution is 0.218. The Kier molecular flexibility index (Phi) is 3.95. The third kappa shape index (κ3) is 2.66. The number of nitrogens with two attached hydrogens (primary N) is 1. The second kappa shape index (κ2) is 5.48. The summed E-state index contributed by atoms with van der Waals surface area (Å²) in [5, 5.41) is 2.99. The Morgan fingerprint density at radius 3 is 2.58 bits per heavy atom. The van der Waals surface area contributed by atoms with Gasteiger partial charge in [0, 0.05) is 19.6 Å². The van der Waals surface area contributed by atoms with Crippen LogP contribution in [0, 0.1) is 13.8 Å². The van der Waals surface area contributed by atoms with E-state index in [1.807, 2.05) is 13.8 Å². The number of carbonyl (C=O) groups excluding carboxylic acids is 1. The van der Waals surface area contributed by atoms with Gasteiger partial charge in [0.2, 0.25) is 0 Å². The summed E-state index contributed by atoms with van der Waals surface area (Å²) in [6, 6.07) is 4.13. The molecule has 0 bridgehead atoms. The number of aryl methyl sites for hydroxylation is 2. The Balaban J connectivity index is 2.22. The van der Waals surface area contributed by atoms with Crippen molar-refractivity contribution in [3.63, 3.8) is 0 Å². The Bertz CT molecular complexity index is 465. The molecule has 1 heterocycles. The second-order valence-electron chi connectivity index (χ2n) is 4.92. The zero-order valence-corrected chi connectivity index (χ0v) is 11.7. The number of hydrogen-bond donors (Lipinski definition) is 2. The number of nitrogens with zero attached hydrogens (tertiary/aromatic N) is 1. The molecule has 1 unspecified atom stereocenters. The number of methoxy groups -OCH3 is 1. The van der Waals surface area contributed by atoms with Crippen molar-refractivity contribution in [1.29, 1.82) is 0 Å². The van der Waals surface area contributed by atoms with Crippen LogP contribution in [0.1, 0.15) is 22.7 Å². The average Bonchev–Trinajstić information content (AvgIpc) is 2.71. The zero-order valence-electron chi connectivity index (χ0n) is 11.7. The molecular formula is C14H21N3O2. The van der Waals surface area contributed by atoms with Crippen molar-refractivity contribution in [2.45, 2.75) is 19.9 Å². The van der Waals surface area contributed by atoms with Crippen molar-refractivity contribution in [1.82, 2.24) is 10.2 Å². The van der Waals surface area contributed by atoms with Crippen LogP contribution in [0.3, 0.4) is 0 Å². The highest BCUT2D eigenvalue weighted by atomic mass is 16.5. The van der Waals surface area contributed by atoms with E-state index in [1.54, 1.807) is 12.0 Å². The molecule has 104 valence electrons. The van der Waals surface area contributed by atoms with Crippen LogP contribution in [0.2, 0.25) is 0 Å². The van der Waals surface area contributed by atoms with Crippen LogP contribution >= 0.6 is 0 Å². The largest absolute Gasteiger partial charge is 0.496 e. The number of hydrogen-bond acceptors (Lipinski definition) is 3. The molecule has 1 aliphatic rings. The van der Waals surface area contributed by atoms with Gasteiger partial charge in [0.1, 0.15) is 5.75 Å². The highest BCUT2D eigenvalue weighted by Gasteiger charge is 2.29. The van der Waals surface area contributed by atoms with E-state index in [0.29, 0.717) is 19.6 Å². The lowest BCUT2D eigenvalue weighted by Gasteiger charge is -2.16. The topological polar surface area (TPSA) is 67.6 Å². The Hall–Kier alpha value is -1.75. The molecule has 1 fully saturated rings. The third-order valence-corrected chi connectivity index (χ3v) is 3.48. The molecule has 0 aliphatic carbocycles. The van der Waals surface area contributed by atoms with Crippen LogP contribution in [0.4, 0.5) is 4.79 Å². The minimum Gasteiger partial charge on any atom is -0.496 e. The number of urea groups is 1. The second-order valence-corrected chi connectivity index (χ2v) is 4.92. The van der Waals surface area contributed by atoms with Gasteiger partial charge in [0.15, 0.2) is 0 Å². The molecular weight excluding hydrogens is 242 g/mol. The molecule has 5 heteroatoms. The SMILES string of the molecule is COc1c(C)cc(C2CN(CCN)C(=O)N2)cc1C. The predicted octanol–water partition coefficient (Wildman–Crippen LogP) is 1.34. The first kappa shape index (κ1) is 13.7. The van der Waals surface area contributed by atoms with Crippen molar-refractivity contribution < 1.29 is 9.53 Å². The summed E-state index contributed by atoms with van der Waals surface area (Å²) in [7, 11) is 1.68. The lowest BCUT2D eigenvalue weighted by Crippen LogP contribution is -2.32. The van der Waals surface area contributed by atoms with Crippen LogP contribution in [-0.2, 0) is 0 Å². The number of nitrogens with one attached hydrogen (secondary N) is 1. The molecule has 1 saturated heterocycles. The molecule has 5 nitrogen and oxygen atoms in total. The first-order valence-corrected chi connectivity index (χ1v) is 6.47. The number of carbonyl (C=O) groups is 1. The molecule has 2 amide bonds. The summed E-state index contributed by atoms with van der Waals surface area (Å²) < 4.78 is 5.36. The number of rotatable bonds is 4. The van der Waals surface area contributed by atoms with Crippen LogP contribution in [0.15, 0.2) is 12.1 Å². The molecule has 1 aliphatic heterocycles. The molecule has 0 aromatic heterocycles. The standard InChI is InChI=1S/C14H21N3O2/c1-9-6-11(7-10(2)13(9)19-3)12-8-17(5-4-15)14(18)16-12/h6-7,12H,4-5,8,15H2,1-3H3,(H,16,18). The number of benzene rings is 1. The van der Waals surface area contributed by atoms with Gasteiger partial charge in [-0.05, 0) is 30.5 Å². The normalized spacial score (nSPS) is 18.6. The molecule has 3 N–H and O–H groups in total. The third-order valence-electron chi connectivity index (χ3n) is 3.48. The van der Waals surface area contributed by atoms with Gasteiger partial charge in [-0.25, -0.2) is 4.79 Å². The van der Waals surface area contributed by atoms with Crippen LogP contribution in [0.25, 0.3) is 0 Å². The van der Waals surface area contributed by atoms with E-state index in [9.17, 15) is 4.79 Å². The number of ether oxygens (including phenoxy) is 1. The fourth-order valence-electron chi connectivity index (χ4n) is 2.63. The summed E-state index contributed by atoms with van der Waals surface area (Å²) in [5.41, 5.74) is 8.79. The fraction of sp³-hybridized carbons (Fsp3) is 0.500. The summed E-state index contributed by atoms with van der Waals surface area (Å²) in [6.45, 7) is 5.78. The van der Waals surface area contributed by atoms with E-state index in [1.165, 1.54) is 0 Å². The molecule has 0 radical (unpaired) electrons. The van der Waals surface area contributed by atoms with Gasteiger partial charge in [0.05, 0.1) is 13.2 Å². The van der Waals surface area contributed by atoms with Crippen LogP contribution in [0.5, 0.6) is 5.75 Å². The molecule has 2 rings (SSSR count). The maximum atomic E-state index is 11.8. The molecule has 1 atom stereocenters. The number of amides is 2. The van der Waals surface area contributed by atoms with E-state index in [2.05, 4.69) is 17.4 Å². The summed E-state index contributed by atoms with van der Waals surface area (Å²) in [6.07, 6.45) is 0. The van der Waals surface area contributed by atoms with E-state index in [0.717, 1.165) is 22.4 Å². The van der Waals surface area contributed by atoms with Gasteiger partial charge in [-0.3, -0.25) is 0 Å².